The van der Waals surface area contributed by atoms with Gasteiger partial charge in [-0.1, -0.05) is 0 Å². The Morgan fingerprint density at radius 2 is 1.92 bits per heavy atom. The van der Waals surface area contributed by atoms with Gasteiger partial charge in [0.15, 0.2) is 5.82 Å². The van der Waals surface area contributed by atoms with Gasteiger partial charge in [0.2, 0.25) is 11.6 Å². The molecule has 0 aliphatic heterocycles. The highest BCUT2D eigenvalue weighted by Crippen LogP contribution is 2.29. The maximum absolute atomic E-state index is 12.4. The Balaban J connectivity index is 0.00000144. The van der Waals surface area contributed by atoms with Crippen molar-refractivity contribution in [1.29, 1.82) is 0 Å². The van der Waals surface area contributed by atoms with Crippen molar-refractivity contribution in [3.63, 3.8) is 0 Å². The topological polar surface area (TPSA) is 94.9 Å². The predicted molar refractivity (Wildman–Crippen MR) is 38.3 cm³/mol. The first kappa shape index (κ1) is 11.2. The van der Waals surface area contributed by atoms with Gasteiger partial charge in [0.1, 0.15) is 0 Å². The van der Waals surface area contributed by atoms with E-state index in [0.717, 1.165) is 0 Å². The van der Waals surface area contributed by atoms with Gasteiger partial charge in [0.05, 0.1) is 4.92 Å². The van der Waals surface area contributed by atoms with Gasteiger partial charge < -0.3 is 10.6 Å². The molecule has 0 aromatic heterocycles. The van der Waals surface area contributed by atoms with Crippen LogP contribution in [0.3, 0.4) is 0 Å². The summed E-state index contributed by atoms with van der Waals surface area (Å²) >= 11 is 0. The van der Waals surface area contributed by atoms with Crippen molar-refractivity contribution in [3.8, 4) is 5.75 Å². The van der Waals surface area contributed by atoms with Crippen molar-refractivity contribution < 1.29 is 24.3 Å². The number of benzene rings is 1. The van der Waals surface area contributed by atoms with E-state index in [1.54, 1.807) is 0 Å². The van der Waals surface area contributed by atoms with Crippen molar-refractivity contribution >= 4 is 5.69 Å². The molecule has 0 unspecified atom stereocenters. The molecule has 0 radical (unpaired) electrons. The van der Waals surface area contributed by atoms with E-state index >= 15 is 0 Å². The van der Waals surface area contributed by atoms with Crippen LogP contribution in [-0.4, -0.2) is 15.5 Å². The zero-order valence-electron chi connectivity index (χ0n) is 6.12. The second-order valence-corrected chi connectivity index (χ2v) is 1.99. The highest BCUT2D eigenvalue weighted by molar-refractivity contribution is 5.46. The van der Waals surface area contributed by atoms with Crippen LogP contribution in [0.5, 0.6) is 5.75 Å². The molecular formula is C6H5F2NO4. The first-order valence-corrected chi connectivity index (χ1v) is 2.85. The minimum atomic E-state index is -1.61. The number of phenols is 1. The lowest BCUT2D eigenvalue weighted by molar-refractivity contribution is -0.386. The third-order valence-corrected chi connectivity index (χ3v) is 1.24. The van der Waals surface area contributed by atoms with Crippen LogP contribution >= 0.6 is 0 Å². The van der Waals surface area contributed by atoms with Gasteiger partial charge in [0, 0.05) is 6.07 Å². The Labute approximate surface area is 70.7 Å². The van der Waals surface area contributed by atoms with Crippen LogP contribution in [0.2, 0.25) is 0 Å². The van der Waals surface area contributed by atoms with E-state index in [1.165, 1.54) is 0 Å². The standard InChI is InChI=1S/C6H3F2NO3.H2O/c7-3-1-2-4(9(11)12)6(10)5(3)8;/h1-2,10H;1H2. The Kier molecular flexibility index (Phi) is 3.25. The van der Waals surface area contributed by atoms with E-state index in [4.69, 9.17) is 5.11 Å². The van der Waals surface area contributed by atoms with E-state index < -0.39 is 28.0 Å². The smallest absolute Gasteiger partial charge is 0.314 e. The fourth-order valence-corrected chi connectivity index (χ4v) is 0.677. The van der Waals surface area contributed by atoms with Crippen molar-refractivity contribution in [3.05, 3.63) is 33.9 Å². The highest BCUT2D eigenvalue weighted by Gasteiger charge is 2.20. The molecule has 1 aromatic carbocycles. The molecule has 0 fully saturated rings. The largest absolute Gasteiger partial charge is 0.500 e. The Bertz CT molecular complexity index is 342. The van der Waals surface area contributed by atoms with Crippen LogP contribution in [-0.2, 0) is 0 Å². The molecule has 0 aliphatic carbocycles. The summed E-state index contributed by atoms with van der Waals surface area (Å²) in [5.41, 5.74) is -0.853. The SMILES string of the molecule is O.O=[N+]([O-])c1ccc(F)c(F)c1O. The summed E-state index contributed by atoms with van der Waals surface area (Å²) in [7, 11) is 0. The molecule has 1 aromatic rings. The van der Waals surface area contributed by atoms with Gasteiger partial charge in [0.25, 0.3) is 0 Å². The van der Waals surface area contributed by atoms with Gasteiger partial charge in [-0.05, 0) is 6.07 Å². The van der Waals surface area contributed by atoms with Gasteiger partial charge in [-0.3, -0.25) is 10.1 Å². The lowest BCUT2D eigenvalue weighted by Gasteiger charge is -1.96. The molecule has 0 saturated carbocycles. The molecule has 0 bridgehead atoms. The second kappa shape index (κ2) is 3.76. The minimum Gasteiger partial charge on any atom is -0.500 e. The molecule has 0 saturated heterocycles. The van der Waals surface area contributed by atoms with Gasteiger partial charge >= 0.3 is 5.69 Å². The quantitative estimate of drug-likeness (QED) is 0.526. The molecule has 5 nitrogen and oxygen atoms in total. The lowest BCUT2D eigenvalue weighted by atomic mass is 10.3. The van der Waals surface area contributed by atoms with Crippen LogP contribution < -0.4 is 0 Å². The molecule has 1 rings (SSSR count). The van der Waals surface area contributed by atoms with Crippen LogP contribution in [0, 0.1) is 21.7 Å². The Hall–Kier alpha value is -1.76. The van der Waals surface area contributed by atoms with E-state index in [0.29, 0.717) is 12.1 Å². The van der Waals surface area contributed by atoms with Crippen LogP contribution in [0.4, 0.5) is 14.5 Å². The average molecular weight is 193 g/mol. The summed E-state index contributed by atoms with van der Waals surface area (Å²) in [5.74, 6) is -4.21. The Morgan fingerprint density at radius 1 is 1.38 bits per heavy atom. The number of aromatic hydroxyl groups is 1. The zero-order valence-corrected chi connectivity index (χ0v) is 6.12. The van der Waals surface area contributed by atoms with Crippen molar-refractivity contribution in [1.82, 2.24) is 0 Å². The van der Waals surface area contributed by atoms with Gasteiger partial charge in [-0.15, -0.1) is 0 Å². The molecule has 0 amide bonds. The number of rotatable bonds is 1. The van der Waals surface area contributed by atoms with E-state index in [1.807, 2.05) is 0 Å². The average Bonchev–Trinajstić information content (AvgIpc) is 2.00. The maximum atomic E-state index is 12.4. The maximum Gasteiger partial charge on any atom is 0.314 e. The van der Waals surface area contributed by atoms with Crippen molar-refractivity contribution in [2.45, 2.75) is 0 Å². The minimum absolute atomic E-state index is 0. The normalized spacial score (nSPS) is 9.08. The third-order valence-electron chi connectivity index (χ3n) is 1.24. The number of phenolic OH excluding ortho intramolecular Hbond substituents is 1. The summed E-state index contributed by atoms with van der Waals surface area (Å²) in [4.78, 5) is 9.04. The Morgan fingerprint density at radius 3 is 2.38 bits per heavy atom. The first-order valence-electron chi connectivity index (χ1n) is 2.85. The first-order chi connectivity index (χ1) is 5.54. The third kappa shape index (κ3) is 1.88. The van der Waals surface area contributed by atoms with E-state index in [-0.39, 0.29) is 5.48 Å². The second-order valence-electron chi connectivity index (χ2n) is 1.99. The molecule has 72 valence electrons. The molecule has 7 heteroatoms. The fourth-order valence-electron chi connectivity index (χ4n) is 0.677. The summed E-state index contributed by atoms with van der Waals surface area (Å²) in [6.07, 6.45) is 0. The monoisotopic (exact) mass is 193 g/mol. The number of nitro groups is 1. The number of hydrogen-bond acceptors (Lipinski definition) is 3. The van der Waals surface area contributed by atoms with Crippen LogP contribution in [0.15, 0.2) is 12.1 Å². The molecule has 3 N–H and O–H groups in total. The van der Waals surface area contributed by atoms with Crippen LogP contribution in [0.1, 0.15) is 0 Å². The summed E-state index contributed by atoms with van der Waals surface area (Å²) in [6, 6.07) is 1.26. The van der Waals surface area contributed by atoms with Crippen molar-refractivity contribution in [2.75, 3.05) is 0 Å². The lowest BCUT2D eigenvalue weighted by Crippen LogP contribution is -1.92. The number of nitrogens with zero attached hydrogens (tertiary/aromatic N) is 1. The molecule has 0 spiro atoms. The molecule has 0 heterocycles. The number of halogens is 2. The van der Waals surface area contributed by atoms with Gasteiger partial charge in [-0.25, -0.2) is 4.39 Å². The van der Waals surface area contributed by atoms with E-state index in [2.05, 4.69) is 0 Å². The number of hydrogen-bond donors (Lipinski definition) is 1. The molecule has 13 heavy (non-hydrogen) atoms. The number of nitro benzene ring substituents is 1. The fraction of sp³-hybridized carbons (Fsp3) is 0. The zero-order chi connectivity index (χ0) is 9.30. The molecule has 0 aliphatic rings. The van der Waals surface area contributed by atoms with Gasteiger partial charge in [-0.2, -0.15) is 4.39 Å². The summed E-state index contributed by atoms with van der Waals surface area (Å²) < 4.78 is 24.7. The predicted octanol–water partition coefficient (Wildman–Crippen LogP) is 0.754. The summed E-state index contributed by atoms with van der Waals surface area (Å²) in [6.45, 7) is 0. The molecular weight excluding hydrogens is 188 g/mol. The van der Waals surface area contributed by atoms with Crippen LogP contribution in [0.25, 0.3) is 0 Å². The summed E-state index contributed by atoms with van der Waals surface area (Å²) in [5, 5.41) is 18.7. The van der Waals surface area contributed by atoms with Crippen molar-refractivity contribution in [2.24, 2.45) is 0 Å². The molecule has 0 atom stereocenters. The highest BCUT2D eigenvalue weighted by atomic mass is 19.2. The van der Waals surface area contributed by atoms with E-state index in [9.17, 15) is 18.9 Å².